The van der Waals surface area contributed by atoms with E-state index in [1.807, 2.05) is 24.3 Å². The molecule has 0 spiro atoms. The molecule has 2 aliphatic heterocycles. The Morgan fingerprint density at radius 1 is 1.17 bits per heavy atom. The van der Waals surface area contributed by atoms with Crippen LogP contribution in [0.15, 0.2) is 59.7 Å². The number of fused-ring (bicyclic) bond motifs is 2. The lowest BCUT2D eigenvalue weighted by Crippen LogP contribution is -2.43. The number of morpholine rings is 1. The number of benzene rings is 1. The molecule has 0 bridgehead atoms. The Balaban J connectivity index is 1.26. The van der Waals surface area contributed by atoms with E-state index in [1.54, 1.807) is 24.4 Å². The van der Waals surface area contributed by atoms with Gasteiger partial charge in [0.15, 0.2) is 0 Å². The van der Waals surface area contributed by atoms with Crippen molar-refractivity contribution in [3.8, 4) is 0 Å². The highest BCUT2D eigenvalue weighted by molar-refractivity contribution is 6.30. The van der Waals surface area contributed by atoms with Crippen molar-refractivity contribution in [1.29, 1.82) is 0 Å². The topological polar surface area (TPSA) is 75.9 Å². The van der Waals surface area contributed by atoms with Crippen LogP contribution >= 0.6 is 11.6 Å². The van der Waals surface area contributed by atoms with Crippen LogP contribution < -0.4 is 10.9 Å². The molecule has 2 saturated heterocycles. The number of nitrogens with one attached hydrogen (secondary N) is 1. The normalized spacial score (nSPS) is 24.0. The number of carbonyl (C=O) groups is 1. The van der Waals surface area contributed by atoms with Crippen LogP contribution in [-0.4, -0.2) is 52.0 Å². The SMILES string of the molecule is O=C(N[C@H]1C[C@H]2CO[C@@H](c3ccc(Cl)cc3)CN2C1)c1cnc2ccccn2c1=O. The van der Waals surface area contributed by atoms with Gasteiger partial charge in [-0.1, -0.05) is 29.8 Å². The highest BCUT2D eigenvalue weighted by Gasteiger charge is 2.38. The van der Waals surface area contributed by atoms with Crippen LogP contribution in [0.1, 0.15) is 28.4 Å². The van der Waals surface area contributed by atoms with Crippen molar-refractivity contribution in [3.05, 3.63) is 81.4 Å². The van der Waals surface area contributed by atoms with Gasteiger partial charge >= 0.3 is 0 Å². The van der Waals surface area contributed by atoms with Crippen molar-refractivity contribution in [2.24, 2.45) is 0 Å². The van der Waals surface area contributed by atoms with Gasteiger partial charge in [-0.25, -0.2) is 4.98 Å². The molecule has 0 aliphatic carbocycles. The van der Waals surface area contributed by atoms with Crippen molar-refractivity contribution >= 4 is 23.2 Å². The highest BCUT2D eigenvalue weighted by atomic mass is 35.5. The maximum absolute atomic E-state index is 12.8. The summed E-state index contributed by atoms with van der Waals surface area (Å²) in [7, 11) is 0. The molecule has 3 aromatic rings. The summed E-state index contributed by atoms with van der Waals surface area (Å²) < 4.78 is 7.45. The predicted molar refractivity (Wildman–Crippen MR) is 113 cm³/mol. The van der Waals surface area contributed by atoms with E-state index < -0.39 is 0 Å². The van der Waals surface area contributed by atoms with Crippen LogP contribution in [0, 0.1) is 0 Å². The monoisotopic (exact) mass is 424 g/mol. The average Bonchev–Trinajstić information content (AvgIpc) is 3.16. The Labute approximate surface area is 178 Å². The van der Waals surface area contributed by atoms with Crippen molar-refractivity contribution < 1.29 is 9.53 Å². The summed E-state index contributed by atoms with van der Waals surface area (Å²) in [5.74, 6) is -0.384. The van der Waals surface area contributed by atoms with Gasteiger partial charge in [0.1, 0.15) is 11.2 Å². The van der Waals surface area contributed by atoms with E-state index >= 15 is 0 Å². The second kappa shape index (κ2) is 7.83. The Morgan fingerprint density at radius 3 is 2.83 bits per heavy atom. The van der Waals surface area contributed by atoms with Crippen molar-refractivity contribution in [2.75, 3.05) is 19.7 Å². The molecule has 5 rings (SSSR count). The van der Waals surface area contributed by atoms with Crippen molar-refractivity contribution in [2.45, 2.75) is 24.6 Å². The van der Waals surface area contributed by atoms with E-state index in [0.717, 1.165) is 25.1 Å². The van der Waals surface area contributed by atoms with Gasteiger partial charge in [-0.2, -0.15) is 0 Å². The standard InChI is InChI=1S/C22H21ClN4O3/c23-15-6-4-14(5-7-15)19-12-26-11-16(9-17(26)13-30-19)25-21(28)18-10-24-20-3-1-2-8-27(20)22(18)29/h1-8,10,16-17,19H,9,11-13H2,(H,25,28)/t16-,17-,19+/m0/s1. The van der Waals surface area contributed by atoms with Crippen molar-refractivity contribution in [3.63, 3.8) is 0 Å². The van der Waals surface area contributed by atoms with Crippen LogP contribution in [0.2, 0.25) is 5.02 Å². The molecule has 2 aliphatic rings. The Kier molecular flexibility index (Phi) is 5.02. The van der Waals surface area contributed by atoms with E-state index in [1.165, 1.54) is 10.6 Å². The summed E-state index contributed by atoms with van der Waals surface area (Å²) in [4.78, 5) is 32.0. The van der Waals surface area contributed by atoms with Crippen LogP contribution in [0.25, 0.3) is 5.65 Å². The molecule has 3 atom stereocenters. The summed E-state index contributed by atoms with van der Waals surface area (Å²) in [5.41, 5.74) is 1.31. The number of hydrogen-bond donors (Lipinski definition) is 1. The third-order valence-electron chi connectivity index (χ3n) is 5.85. The summed E-state index contributed by atoms with van der Waals surface area (Å²) in [6.07, 6.45) is 3.75. The number of carbonyl (C=O) groups excluding carboxylic acids is 1. The predicted octanol–water partition coefficient (Wildman–Crippen LogP) is 2.29. The first-order valence-corrected chi connectivity index (χ1v) is 10.3. The molecule has 8 heteroatoms. The third-order valence-corrected chi connectivity index (χ3v) is 6.11. The number of aromatic nitrogens is 2. The second-order valence-corrected chi connectivity index (χ2v) is 8.23. The molecule has 1 aromatic carbocycles. The number of amides is 1. The van der Waals surface area contributed by atoms with E-state index in [2.05, 4.69) is 15.2 Å². The molecule has 2 aromatic heterocycles. The zero-order valence-electron chi connectivity index (χ0n) is 16.2. The molecular weight excluding hydrogens is 404 g/mol. The lowest BCUT2D eigenvalue weighted by atomic mass is 10.1. The summed E-state index contributed by atoms with van der Waals surface area (Å²) in [6.45, 7) is 2.10. The van der Waals surface area contributed by atoms with Gasteiger partial charge in [-0.05, 0) is 36.2 Å². The van der Waals surface area contributed by atoms with E-state index in [9.17, 15) is 9.59 Å². The first-order chi connectivity index (χ1) is 14.6. The fraction of sp³-hybridized carbons (Fsp3) is 0.318. The first-order valence-electron chi connectivity index (χ1n) is 9.97. The highest BCUT2D eigenvalue weighted by Crippen LogP contribution is 2.30. The van der Waals surface area contributed by atoms with Crippen LogP contribution in [0.3, 0.4) is 0 Å². The van der Waals surface area contributed by atoms with Gasteiger partial charge in [0, 0.05) is 42.6 Å². The third kappa shape index (κ3) is 3.60. The molecule has 4 heterocycles. The Hall–Kier alpha value is -2.74. The Bertz CT molecular complexity index is 1150. The van der Waals surface area contributed by atoms with E-state index in [4.69, 9.17) is 16.3 Å². The molecule has 1 amide bonds. The van der Waals surface area contributed by atoms with Gasteiger partial charge in [0.25, 0.3) is 11.5 Å². The van der Waals surface area contributed by atoms with Crippen LogP contribution in [0.4, 0.5) is 0 Å². The zero-order valence-corrected chi connectivity index (χ0v) is 17.0. The molecule has 0 saturated carbocycles. The average molecular weight is 425 g/mol. The largest absolute Gasteiger partial charge is 0.371 e. The Morgan fingerprint density at radius 2 is 2.00 bits per heavy atom. The number of ether oxygens (including phenoxy) is 1. The van der Waals surface area contributed by atoms with E-state index in [0.29, 0.717) is 17.3 Å². The minimum absolute atomic E-state index is 0.0118. The lowest BCUT2D eigenvalue weighted by Gasteiger charge is -2.35. The fourth-order valence-corrected chi connectivity index (χ4v) is 4.43. The van der Waals surface area contributed by atoms with Crippen molar-refractivity contribution in [1.82, 2.24) is 19.6 Å². The van der Waals surface area contributed by atoms with Crippen LogP contribution in [-0.2, 0) is 4.74 Å². The number of nitrogens with zero attached hydrogens (tertiary/aromatic N) is 3. The molecule has 0 radical (unpaired) electrons. The lowest BCUT2D eigenvalue weighted by molar-refractivity contribution is -0.0502. The number of rotatable bonds is 3. The minimum atomic E-state index is -0.384. The molecular formula is C22H21ClN4O3. The smallest absolute Gasteiger partial charge is 0.270 e. The maximum Gasteiger partial charge on any atom is 0.270 e. The quantitative estimate of drug-likeness (QED) is 0.698. The van der Waals surface area contributed by atoms with Gasteiger partial charge < -0.3 is 10.1 Å². The fourth-order valence-electron chi connectivity index (χ4n) is 4.30. The van der Waals surface area contributed by atoms with Gasteiger partial charge in [0.05, 0.1) is 12.7 Å². The summed E-state index contributed by atoms with van der Waals surface area (Å²) in [6, 6.07) is 13.2. The molecule has 30 heavy (non-hydrogen) atoms. The summed E-state index contributed by atoms with van der Waals surface area (Å²) >= 11 is 5.98. The van der Waals surface area contributed by atoms with Crippen LogP contribution in [0.5, 0.6) is 0 Å². The molecule has 2 fully saturated rings. The first kappa shape index (κ1) is 19.2. The molecule has 154 valence electrons. The number of hydrogen-bond acceptors (Lipinski definition) is 5. The number of halogens is 1. The zero-order chi connectivity index (χ0) is 20.7. The second-order valence-electron chi connectivity index (χ2n) is 7.79. The molecule has 1 N–H and O–H groups in total. The van der Waals surface area contributed by atoms with Gasteiger partial charge in [-0.15, -0.1) is 0 Å². The summed E-state index contributed by atoms with van der Waals surface area (Å²) in [5, 5.41) is 3.72. The number of pyridine rings is 1. The minimum Gasteiger partial charge on any atom is -0.371 e. The van der Waals surface area contributed by atoms with Gasteiger partial charge in [-0.3, -0.25) is 18.9 Å². The molecule has 0 unspecified atom stereocenters. The van der Waals surface area contributed by atoms with E-state index in [-0.39, 0.29) is 35.2 Å². The molecule has 7 nitrogen and oxygen atoms in total. The maximum atomic E-state index is 12.8. The van der Waals surface area contributed by atoms with Gasteiger partial charge in [0.2, 0.25) is 0 Å².